The molecule has 0 aliphatic rings. The molecule has 11 heteroatoms. The maximum Gasteiger partial charge on any atom is 0.244 e. The molecule has 1 atom stereocenters. The number of amides is 2. The largest absolute Gasteiger partial charge is 0.495 e. The number of carbonyl (C=O) groups is 2. The summed E-state index contributed by atoms with van der Waals surface area (Å²) in [5.74, 6) is -0.652. The Morgan fingerprint density at radius 1 is 1.12 bits per heavy atom. The van der Waals surface area contributed by atoms with Crippen LogP contribution in [-0.4, -0.2) is 57.1 Å². The molecule has 2 rings (SSSR count). The number of nitrogens with one attached hydrogen (secondary N) is 1. The first kappa shape index (κ1) is 27.9. The van der Waals surface area contributed by atoms with Gasteiger partial charge in [0, 0.05) is 22.1 Å². The predicted octanol–water partition coefficient (Wildman–Crippen LogP) is 3.82. The molecular weight excluding hydrogens is 546 g/mol. The molecule has 0 aliphatic heterocycles. The normalized spacial score (nSPS) is 12.2. The van der Waals surface area contributed by atoms with Crippen molar-refractivity contribution in [3.63, 3.8) is 0 Å². The molecule has 0 saturated heterocycles. The number of methoxy groups -OCH3 is 1. The maximum absolute atomic E-state index is 13.5. The van der Waals surface area contributed by atoms with Crippen LogP contribution in [0.1, 0.15) is 26.3 Å². The fraction of sp³-hybridized carbons (Fsp3) is 0.391. The molecule has 0 unspecified atom stereocenters. The zero-order valence-electron chi connectivity index (χ0n) is 19.7. The van der Waals surface area contributed by atoms with E-state index in [9.17, 15) is 18.0 Å². The van der Waals surface area contributed by atoms with Gasteiger partial charge in [0.1, 0.15) is 18.3 Å². The lowest BCUT2D eigenvalue weighted by atomic mass is 10.1. The van der Waals surface area contributed by atoms with Crippen LogP contribution in [0, 0.1) is 0 Å². The molecule has 0 bridgehead atoms. The minimum absolute atomic E-state index is 0.114. The second-order valence-electron chi connectivity index (χ2n) is 8.07. The molecule has 0 saturated carbocycles. The molecule has 2 aromatic carbocycles. The number of nitrogens with zero attached hydrogens (tertiary/aromatic N) is 2. The van der Waals surface area contributed by atoms with Crippen molar-refractivity contribution in [1.82, 2.24) is 10.2 Å². The lowest BCUT2D eigenvalue weighted by molar-refractivity contribution is -0.139. The van der Waals surface area contributed by atoms with Gasteiger partial charge in [-0.25, -0.2) is 8.42 Å². The van der Waals surface area contributed by atoms with E-state index in [1.807, 2.05) is 38.1 Å². The van der Waals surface area contributed by atoms with E-state index < -0.39 is 28.5 Å². The predicted molar refractivity (Wildman–Crippen MR) is 138 cm³/mol. The standard InChI is InChI=1S/C23H29BrClN3O5S/c1-15(2)26-23(30)16(3)27(13-17-6-8-18(24)9-7-17)22(29)14-28(34(5,31)32)20-12-19(25)10-11-21(20)33-4/h6-12,15-16H,13-14H2,1-5H3,(H,26,30)/t16-/m1/s1. The van der Waals surface area contributed by atoms with Crippen LogP contribution in [0.3, 0.4) is 0 Å². The third-order valence-corrected chi connectivity index (χ3v) is 6.84. The van der Waals surface area contributed by atoms with E-state index >= 15 is 0 Å². The van der Waals surface area contributed by atoms with Gasteiger partial charge in [-0.05, 0) is 56.7 Å². The van der Waals surface area contributed by atoms with Crippen LogP contribution < -0.4 is 14.4 Å². The van der Waals surface area contributed by atoms with Crippen molar-refractivity contribution in [2.75, 3.05) is 24.2 Å². The first-order chi connectivity index (χ1) is 15.8. The van der Waals surface area contributed by atoms with Crippen molar-refractivity contribution < 1.29 is 22.7 Å². The Kier molecular flexibility index (Phi) is 9.78. The van der Waals surface area contributed by atoms with Gasteiger partial charge in [-0.3, -0.25) is 13.9 Å². The maximum atomic E-state index is 13.5. The van der Waals surface area contributed by atoms with Crippen LogP contribution in [0.4, 0.5) is 5.69 Å². The highest BCUT2D eigenvalue weighted by Crippen LogP contribution is 2.33. The fourth-order valence-electron chi connectivity index (χ4n) is 3.23. The first-order valence-corrected chi connectivity index (χ1v) is 13.5. The number of carbonyl (C=O) groups excluding carboxylic acids is 2. The highest BCUT2D eigenvalue weighted by atomic mass is 79.9. The lowest BCUT2D eigenvalue weighted by Crippen LogP contribution is -2.52. The SMILES string of the molecule is COc1ccc(Cl)cc1N(CC(=O)N(Cc1ccc(Br)cc1)[C@H](C)C(=O)NC(C)C)S(C)(=O)=O. The van der Waals surface area contributed by atoms with Crippen LogP contribution >= 0.6 is 27.5 Å². The molecular formula is C23H29BrClN3O5S. The summed E-state index contributed by atoms with van der Waals surface area (Å²) < 4.78 is 32.5. The summed E-state index contributed by atoms with van der Waals surface area (Å²) in [6.07, 6.45) is 0.995. The summed E-state index contributed by atoms with van der Waals surface area (Å²) >= 11 is 9.48. The number of rotatable bonds is 10. The second kappa shape index (κ2) is 11.9. The number of ether oxygens (including phenoxy) is 1. The van der Waals surface area contributed by atoms with Crippen molar-refractivity contribution in [2.24, 2.45) is 0 Å². The van der Waals surface area contributed by atoms with Gasteiger partial charge in [0.2, 0.25) is 21.8 Å². The third kappa shape index (κ3) is 7.61. The van der Waals surface area contributed by atoms with Crippen molar-refractivity contribution in [3.05, 3.63) is 57.5 Å². The minimum atomic E-state index is -3.90. The minimum Gasteiger partial charge on any atom is -0.495 e. The number of benzene rings is 2. The molecule has 186 valence electrons. The van der Waals surface area contributed by atoms with Gasteiger partial charge >= 0.3 is 0 Å². The molecule has 34 heavy (non-hydrogen) atoms. The van der Waals surface area contributed by atoms with E-state index in [1.54, 1.807) is 13.0 Å². The van der Waals surface area contributed by atoms with E-state index in [0.717, 1.165) is 20.6 Å². The van der Waals surface area contributed by atoms with Crippen LogP contribution in [-0.2, 0) is 26.2 Å². The molecule has 2 aromatic rings. The van der Waals surface area contributed by atoms with Gasteiger partial charge in [-0.15, -0.1) is 0 Å². The molecule has 2 amide bonds. The Morgan fingerprint density at radius 3 is 2.26 bits per heavy atom. The Balaban J connectivity index is 2.45. The number of hydrogen-bond acceptors (Lipinski definition) is 5. The second-order valence-corrected chi connectivity index (χ2v) is 11.3. The summed E-state index contributed by atoms with van der Waals surface area (Å²) in [5.41, 5.74) is 0.917. The number of halogens is 2. The summed E-state index contributed by atoms with van der Waals surface area (Å²) in [7, 11) is -2.50. The number of anilines is 1. The number of sulfonamides is 1. The van der Waals surface area contributed by atoms with Gasteiger partial charge in [-0.2, -0.15) is 0 Å². The molecule has 0 aromatic heterocycles. The summed E-state index contributed by atoms with van der Waals surface area (Å²) in [6.45, 7) is 4.83. The topological polar surface area (TPSA) is 96.0 Å². The zero-order chi connectivity index (χ0) is 25.6. The van der Waals surface area contributed by atoms with Crippen LogP contribution in [0.2, 0.25) is 5.02 Å². The monoisotopic (exact) mass is 573 g/mol. The average Bonchev–Trinajstić information content (AvgIpc) is 2.75. The van der Waals surface area contributed by atoms with E-state index in [2.05, 4.69) is 21.2 Å². The van der Waals surface area contributed by atoms with Gasteiger partial charge in [0.25, 0.3) is 0 Å². The smallest absolute Gasteiger partial charge is 0.244 e. The average molecular weight is 575 g/mol. The van der Waals surface area contributed by atoms with Crippen LogP contribution in [0.5, 0.6) is 5.75 Å². The van der Waals surface area contributed by atoms with E-state index in [1.165, 1.54) is 24.1 Å². The summed E-state index contributed by atoms with van der Waals surface area (Å²) in [4.78, 5) is 27.6. The fourth-order valence-corrected chi connectivity index (χ4v) is 4.50. The molecule has 1 N–H and O–H groups in total. The molecule has 0 aliphatic carbocycles. The molecule has 0 spiro atoms. The summed E-state index contributed by atoms with van der Waals surface area (Å²) in [5, 5.41) is 3.09. The first-order valence-electron chi connectivity index (χ1n) is 10.5. The highest BCUT2D eigenvalue weighted by molar-refractivity contribution is 9.10. The Labute approximate surface area is 214 Å². The summed E-state index contributed by atoms with van der Waals surface area (Å²) in [6, 6.07) is 10.8. The van der Waals surface area contributed by atoms with E-state index in [4.69, 9.17) is 16.3 Å². The Bertz CT molecular complexity index is 1130. The quantitative estimate of drug-likeness (QED) is 0.466. The Morgan fingerprint density at radius 2 is 1.74 bits per heavy atom. The van der Waals surface area contributed by atoms with Crippen molar-refractivity contribution >= 4 is 55.1 Å². The van der Waals surface area contributed by atoms with Gasteiger partial charge < -0.3 is 15.0 Å². The zero-order valence-corrected chi connectivity index (χ0v) is 22.9. The van der Waals surface area contributed by atoms with Crippen molar-refractivity contribution in [3.8, 4) is 5.75 Å². The Hall–Kier alpha value is -2.30. The van der Waals surface area contributed by atoms with Crippen LogP contribution in [0.15, 0.2) is 46.9 Å². The van der Waals surface area contributed by atoms with Crippen molar-refractivity contribution in [1.29, 1.82) is 0 Å². The van der Waals surface area contributed by atoms with Gasteiger partial charge in [-0.1, -0.05) is 39.7 Å². The van der Waals surface area contributed by atoms with Crippen molar-refractivity contribution in [2.45, 2.75) is 39.4 Å². The van der Waals surface area contributed by atoms with Gasteiger partial charge in [0.05, 0.1) is 19.1 Å². The third-order valence-electron chi connectivity index (χ3n) is 4.95. The molecule has 0 heterocycles. The highest BCUT2D eigenvalue weighted by Gasteiger charge is 2.31. The molecule has 0 fully saturated rings. The number of hydrogen-bond donors (Lipinski definition) is 1. The van der Waals surface area contributed by atoms with E-state index in [0.29, 0.717) is 0 Å². The molecule has 8 nitrogen and oxygen atoms in total. The molecule has 0 radical (unpaired) electrons. The van der Waals surface area contributed by atoms with Gasteiger partial charge in [0.15, 0.2) is 0 Å². The lowest BCUT2D eigenvalue weighted by Gasteiger charge is -2.32. The van der Waals surface area contributed by atoms with E-state index in [-0.39, 0.29) is 35.0 Å². The van der Waals surface area contributed by atoms with Crippen LogP contribution in [0.25, 0.3) is 0 Å².